The predicted octanol–water partition coefficient (Wildman–Crippen LogP) is 1.15. The molecule has 1 saturated heterocycles. The van der Waals surface area contributed by atoms with Gasteiger partial charge in [0.1, 0.15) is 0 Å². The number of amides is 2. The van der Waals surface area contributed by atoms with Crippen LogP contribution in [0.3, 0.4) is 0 Å². The van der Waals surface area contributed by atoms with Gasteiger partial charge in [-0.2, -0.15) is 0 Å². The molecule has 0 spiro atoms. The van der Waals surface area contributed by atoms with Crippen LogP contribution in [-0.4, -0.2) is 44.3 Å². The molecule has 1 heterocycles. The second-order valence-electron chi connectivity index (χ2n) is 7.02. The minimum absolute atomic E-state index is 0.0231. The Morgan fingerprint density at radius 1 is 1.20 bits per heavy atom. The summed E-state index contributed by atoms with van der Waals surface area (Å²) in [5.41, 5.74) is 2.04. The second kappa shape index (κ2) is 7.99. The van der Waals surface area contributed by atoms with Gasteiger partial charge in [-0.1, -0.05) is 43.7 Å². The fourth-order valence-corrected chi connectivity index (χ4v) is 4.75. The van der Waals surface area contributed by atoms with E-state index in [0.717, 1.165) is 11.1 Å². The maximum absolute atomic E-state index is 12.5. The number of carbonyl (C=O) groups excluding carboxylic acids is 2. The summed E-state index contributed by atoms with van der Waals surface area (Å²) in [6.45, 7) is 5.77. The van der Waals surface area contributed by atoms with E-state index >= 15 is 0 Å². The Balaban J connectivity index is 1.90. The van der Waals surface area contributed by atoms with E-state index in [1.807, 2.05) is 45.0 Å². The average Bonchev–Trinajstić information content (AvgIpc) is 2.86. The summed E-state index contributed by atoms with van der Waals surface area (Å²) in [4.78, 5) is 24.5. The summed E-state index contributed by atoms with van der Waals surface area (Å²) in [5.74, 6) is -0.724. The van der Waals surface area contributed by atoms with Gasteiger partial charge in [-0.3, -0.25) is 9.59 Å². The molecule has 1 fully saturated rings. The monoisotopic (exact) mass is 366 g/mol. The van der Waals surface area contributed by atoms with E-state index in [0.29, 0.717) is 6.42 Å². The third-order valence-electron chi connectivity index (χ3n) is 4.41. The number of hydrogen-bond donors (Lipinski definition) is 2. The number of benzene rings is 1. The van der Waals surface area contributed by atoms with Crippen LogP contribution in [0, 0.1) is 12.8 Å². The molecule has 25 heavy (non-hydrogen) atoms. The van der Waals surface area contributed by atoms with Gasteiger partial charge in [0.25, 0.3) is 0 Å². The first-order valence-electron chi connectivity index (χ1n) is 8.52. The van der Waals surface area contributed by atoms with Crippen LogP contribution in [0.1, 0.15) is 37.3 Å². The Morgan fingerprint density at radius 3 is 2.36 bits per heavy atom. The van der Waals surface area contributed by atoms with Gasteiger partial charge in [0.15, 0.2) is 9.84 Å². The Kier molecular flexibility index (Phi) is 6.21. The molecule has 6 nitrogen and oxygen atoms in total. The molecule has 1 aromatic rings. The summed E-state index contributed by atoms with van der Waals surface area (Å²) in [6.07, 6.45) is 0.431. The molecule has 1 aromatic carbocycles. The molecule has 2 N–H and O–H groups in total. The molecule has 0 saturated carbocycles. The number of carbonyl (C=O) groups is 2. The molecule has 7 heteroatoms. The lowest BCUT2D eigenvalue weighted by atomic mass is 9.87. The van der Waals surface area contributed by atoms with Gasteiger partial charge >= 0.3 is 0 Å². The van der Waals surface area contributed by atoms with Crippen LogP contribution in [0.5, 0.6) is 0 Å². The zero-order chi connectivity index (χ0) is 18.6. The highest BCUT2D eigenvalue weighted by Gasteiger charge is 2.29. The molecular formula is C18H26N2O4S. The average molecular weight is 366 g/mol. The van der Waals surface area contributed by atoms with Crippen LogP contribution in [0.15, 0.2) is 24.3 Å². The zero-order valence-corrected chi connectivity index (χ0v) is 15.7. The molecule has 138 valence electrons. The number of sulfone groups is 1. The number of rotatable bonds is 6. The van der Waals surface area contributed by atoms with Gasteiger partial charge in [-0.15, -0.1) is 0 Å². The molecule has 1 aliphatic rings. The third kappa shape index (κ3) is 5.56. The van der Waals surface area contributed by atoms with Crippen molar-refractivity contribution in [2.24, 2.45) is 5.92 Å². The van der Waals surface area contributed by atoms with Gasteiger partial charge in [-0.25, -0.2) is 8.42 Å². The first kappa shape index (κ1) is 19.4. The van der Waals surface area contributed by atoms with Crippen LogP contribution < -0.4 is 10.6 Å². The van der Waals surface area contributed by atoms with E-state index in [9.17, 15) is 18.0 Å². The summed E-state index contributed by atoms with van der Waals surface area (Å²) in [6, 6.07) is 7.44. The molecule has 2 atom stereocenters. The maximum Gasteiger partial charge on any atom is 0.239 e. The van der Waals surface area contributed by atoms with E-state index in [1.54, 1.807) is 0 Å². The fourth-order valence-electron chi connectivity index (χ4n) is 3.08. The highest BCUT2D eigenvalue weighted by atomic mass is 32.2. The van der Waals surface area contributed by atoms with Crippen molar-refractivity contribution in [1.29, 1.82) is 0 Å². The molecular weight excluding hydrogens is 340 g/mol. The van der Waals surface area contributed by atoms with Gasteiger partial charge in [-0.05, 0) is 24.8 Å². The predicted molar refractivity (Wildman–Crippen MR) is 97.0 cm³/mol. The summed E-state index contributed by atoms with van der Waals surface area (Å²) in [5, 5.41) is 5.34. The fraction of sp³-hybridized carbons (Fsp3) is 0.556. The molecule has 2 unspecified atom stereocenters. The Bertz CT molecular complexity index is 726. The van der Waals surface area contributed by atoms with E-state index in [2.05, 4.69) is 10.6 Å². The van der Waals surface area contributed by atoms with Crippen LogP contribution in [0.2, 0.25) is 0 Å². The Labute approximate surface area is 149 Å². The van der Waals surface area contributed by atoms with E-state index in [1.165, 1.54) is 0 Å². The van der Waals surface area contributed by atoms with Crippen molar-refractivity contribution in [3.63, 3.8) is 0 Å². The summed E-state index contributed by atoms with van der Waals surface area (Å²) in [7, 11) is -3.04. The van der Waals surface area contributed by atoms with Crippen molar-refractivity contribution < 1.29 is 18.0 Å². The Hall–Kier alpha value is -1.89. The van der Waals surface area contributed by atoms with Crippen molar-refractivity contribution in [2.45, 2.75) is 39.2 Å². The number of aryl methyl sites for hydroxylation is 1. The van der Waals surface area contributed by atoms with Crippen molar-refractivity contribution in [2.75, 3.05) is 18.1 Å². The third-order valence-corrected chi connectivity index (χ3v) is 6.17. The molecule has 0 aliphatic carbocycles. The standard InChI is InChI=1S/C18H26N2O4S/c1-12(2)17(14-6-4-13(3)5-7-14)18(22)19-10-16(21)20-15-8-9-25(23,24)11-15/h4-7,12,15,17H,8-11H2,1-3H3,(H,19,22)(H,20,21). The van der Waals surface area contributed by atoms with Gasteiger partial charge < -0.3 is 10.6 Å². The molecule has 0 bridgehead atoms. The minimum Gasteiger partial charge on any atom is -0.351 e. The van der Waals surface area contributed by atoms with Crippen LogP contribution in [-0.2, 0) is 19.4 Å². The highest BCUT2D eigenvalue weighted by Crippen LogP contribution is 2.25. The van der Waals surface area contributed by atoms with Crippen molar-refractivity contribution in [3.8, 4) is 0 Å². The summed E-state index contributed by atoms with van der Waals surface area (Å²) < 4.78 is 22.8. The maximum atomic E-state index is 12.5. The largest absolute Gasteiger partial charge is 0.351 e. The molecule has 2 rings (SSSR count). The van der Waals surface area contributed by atoms with E-state index in [-0.39, 0.29) is 47.7 Å². The van der Waals surface area contributed by atoms with Gasteiger partial charge in [0.05, 0.1) is 24.0 Å². The first-order chi connectivity index (χ1) is 11.7. The van der Waals surface area contributed by atoms with Crippen LogP contribution >= 0.6 is 0 Å². The summed E-state index contributed by atoms with van der Waals surface area (Å²) >= 11 is 0. The van der Waals surface area contributed by atoms with Crippen LogP contribution in [0.4, 0.5) is 0 Å². The van der Waals surface area contributed by atoms with Gasteiger partial charge in [0.2, 0.25) is 11.8 Å². The van der Waals surface area contributed by atoms with Crippen molar-refractivity contribution >= 4 is 21.7 Å². The molecule has 1 aliphatic heterocycles. The van der Waals surface area contributed by atoms with Gasteiger partial charge in [0, 0.05) is 6.04 Å². The quantitative estimate of drug-likeness (QED) is 0.790. The van der Waals surface area contributed by atoms with Crippen molar-refractivity contribution in [1.82, 2.24) is 10.6 Å². The highest BCUT2D eigenvalue weighted by molar-refractivity contribution is 7.91. The number of hydrogen-bond acceptors (Lipinski definition) is 4. The zero-order valence-electron chi connectivity index (χ0n) is 14.9. The lowest BCUT2D eigenvalue weighted by Gasteiger charge is -2.21. The number of nitrogens with one attached hydrogen (secondary N) is 2. The molecule has 0 aromatic heterocycles. The Morgan fingerprint density at radius 2 is 1.84 bits per heavy atom. The van der Waals surface area contributed by atoms with Crippen molar-refractivity contribution in [3.05, 3.63) is 35.4 Å². The molecule has 0 radical (unpaired) electrons. The minimum atomic E-state index is -3.04. The SMILES string of the molecule is Cc1ccc(C(C(=O)NCC(=O)NC2CCS(=O)(=O)C2)C(C)C)cc1. The van der Waals surface area contributed by atoms with Crippen LogP contribution in [0.25, 0.3) is 0 Å². The lowest BCUT2D eigenvalue weighted by molar-refractivity contribution is -0.127. The lowest BCUT2D eigenvalue weighted by Crippen LogP contribution is -2.44. The normalized spacial score (nSPS) is 20.2. The first-order valence-corrected chi connectivity index (χ1v) is 10.3. The smallest absolute Gasteiger partial charge is 0.239 e. The topological polar surface area (TPSA) is 92.3 Å². The van der Waals surface area contributed by atoms with E-state index in [4.69, 9.17) is 0 Å². The molecule has 2 amide bonds. The van der Waals surface area contributed by atoms with E-state index < -0.39 is 9.84 Å². The second-order valence-corrected chi connectivity index (χ2v) is 9.25.